The first-order valence-corrected chi connectivity index (χ1v) is 6.60. The molecule has 2 N–H and O–H groups in total. The van der Waals surface area contributed by atoms with Gasteiger partial charge in [0.25, 0.3) is 0 Å². The van der Waals surface area contributed by atoms with Crippen LogP contribution in [0.5, 0.6) is 0 Å². The normalized spacial score (nSPS) is 30.8. The zero-order valence-electron chi connectivity index (χ0n) is 10.4. The Bertz CT molecular complexity index is 204. The van der Waals surface area contributed by atoms with Gasteiger partial charge >= 0.3 is 0 Å². The molecule has 4 nitrogen and oxygen atoms in total. The number of morpholine rings is 1. The zero-order valence-corrected chi connectivity index (χ0v) is 10.4. The lowest BCUT2D eigenvalue weighted by Crippen LogP contribution is -2.49. The first-order chi connectivity index (χ1) is 7.78. The second kappa shape index (κ2) is 5.96. The molecule has 2 saturated heterocycles. The number of likely N-dealkylation sites (N-methyl/N-ethyl adjacent to an activating group) is 1. The number of likely N-dealkylation sites (tertiary alicyclic amines) is 1. The molecule has 0 aliphatic carbocycles. The van der Waals surface area contributed by atoms with Gasteiger partial charge in [-0.1, -0.05) is 6.92 Å². The number of ether oxygens (including phenoxy) is 1. The van der Waals surface area contributed by atoms with E-state index in [1.165, 1.54) is 0 Å². The summed E-state index contributed by atoms with van der Waals surface area (Å²) in [6.07, 6.45) is 2.69. The molecular weight excluding hydrogens is 202 g/mol. The van der Waals surface area contributed by atoms with Crippen molar-refractivity contribution in [3.63, 3.8) is 0 Å². The van der Waals surface area contributed by atoms with Crippen LogP contribution >= 0.6 is 0 Å². The van der Waals surface area contributed by atoms with Crippen molar-refractivity contribution in [2.75, 3.05) is 45.9 Å². The van der Waals surface area contributed by atoms with Gasteiger partial charge in [-0.2, -0.15) is 0 Å². The average Bonchev–Trinajstić information content (AvgIpc) is 2.32. The monoisotopic (exact) mass is 227 g/mol. The number of nitrogens with two attached hydrogens (primary N) is 1. The van der Waals surface area contributed by atoms with E-state index in [1.54, 1.807) is 0 Å². The quantitative estimate of drug-likeness (QED) is 0.744. The summed E-state index contributed by atoms with van der Waals surface area (Å²) in [6, 6.07) is 0.427. The van der Waals surface area contributed by atoms with Gasteiger partial charge in [0.1, 0.15) is 0 Å². The minimum absolute atomic E-state index is 0.406. The fourth-order valence-electron chi connectivity index (χ4n) is 2.60. The van der Waals surface area contributed by atoms with Crippen LogP contribution in [0, 0.1) is 0 Å². The molecule has 94 valence electrons. The minimum Gasteiger partial charge on any atom is -0.374 e. The molecule has 0 aromatic carbocycles. The zero-order chi connectivity index (χ0) is 11.4. The molecule has 0 bridgehead atoms. The van der Waals surface area contributed by atoms with Crippen molar-refractivity contribution in [3.8, 4) is 0 Å². The lowest BCUT2D eigenvalue weighted by molar-refractivity contribution is -0.0441. The Morgan fingerprint density at radius 3 is 2.62 bits per heavy atom. The summed E-state index contributed by atoms with van der Waals surface area (Å²) in [5.41, 5.74) is 5.91. The van der Waals surface area contributed by atoms with Crippen LogP contribution in [0.15, 0.2) is 0 Å². The maximum Gasteiger partial charge on any atom is 0.0829 e. The summed E-state index contributed by atoms with van der Waals surface area (Å²) < 4.78 is 5.83. The van der Waals surface area contributed by atoms with Crippen molar-refractivity contribution in [1.29, 1.82) is 0 Å². The van der Waals surface area contributed by atoms with Crippen LogP contribution in [0.25, 0.3) is 0 Å². The van der Waals surface area contributed by atoms with E-state index in [-0.39, 0.29) is 0 Å². The molecule has 0 aromatic heterocycles. The number of nitrogens with zero attached hydrogens (tertiary/aromatic N) is 2. The molecule has 16 heavy (non-hydrogen) atoms. The highest BCUT2D eigenvalue weighted by Crippen LogP contribution is 2.12. The smallest absolute Gasteiger partial charge is 0.0829 e. The van der Waals surface area contributed by atoms with E-state index in [2.05, 4.69) is 16.7 Å². The van der Waals surface area contributed by atoms with Crippen molar-refractivity contribution < 1.29 is 4.74 Å². The van der Waals surface area contributed by atoms with E-state index in [0.717, 1.165) is 58.7 Å². The molecular formula is C12H25N3O. The van der Waals surface area contributed by atoms with Crippen molar-refractivity contribution >= 4 is 0 Å². The Kier molecular flexibility index (Phi) is 4.58. The predicted molar refractivity (Wildman–Crippen MR) is 65.5 cm³/mol. The van der Waals surface area contributed by atoms with Crippen molar-refractivity contribution in [2.24, 2.45) is 5.73 Å². The number of hydrogen-bond acceptors (Lipinski definition) is 4. The van der Waals surface area contributed by atoms with E-state index in [9.17, 15) is 0 Å². The van der Waals surface area contributed by atoms with Crippen LogP contribution in [0.4, 0.5) is 0 Å². The second-order valence-corrected chi connectivity index (χ2v) is 5.02. The molecule has 0 spiro atoms. The summed E-state index contributed by atoms with van der Waals surface area (Å²) in [5, 5.41) is 0. The van der Waals surface area contributed by atoms with E-state index in [0.29, 0.717) is 12.1 Å². The molecule has 2 aliphatic heterocycles. The Morgan fingerprint density at radius 2 is 1.94 bits per heavy atom. The summed E-state index contributed by atoms with van der Waals surface area (Å²) in [7, 11) is 0. The van der Waals surface area contributed by atoms with Gasteiger partial charge in [-0.25, -0.2) is 0 Å². The largest absolute Gasteiger partial charge is 0.374 e. The maximum atomic E-state index is 5.91. The van der Waals surface area contributed by atoms with E-state index in [1.807, 2.05) is 0 Å². The van der Waals surface area contributed by atoms with Gasteiger partial charge in [0.15, 0.2) is 0 Å². The highest BCUT2D eigenvalue weighted by atomic mass is 16.5. The third-order valence-electron chi connectivity index (χ3n) is 3.76. The maximum absolute atomic E-state index is 5.91. The van der Waals surface area contributed by atoms with E-state index < -0.39 is 0 Å². The topological polar surface area (TPSA) is 41.7 Å². The summed E-state index contributed by atoms with van der Waals surface area (Å²) in [4.78, 5) is 4.98. The Balaban J connectivity index is 1.72. The van der Waals surface area contributed by atoms with E-state index in [4.69, 9.17) is 10.5 Å². The lowest BCUT2D eigenvalue weighted by Gasteiger charge is -2.37. The molecule has 1 unspecified atom stereocenters. The van der Waals surface area contributed by atoms with Gasteiger partial charge in [0, 0.05) is 25.7 Å². The molecule has 4 heteroatoms. The number of rotatable bonds is 3. The summed E-state index contributed by atoms with van der Waals surface area (Å²) in [5.74, 6) is 0. The fraction of sp³-hybridized carbons (Fsp3) is 1.00. The lowest BCUT2D eigenvalue weighted by atomic mass is 10.1. The van der Waals surface area contributed by atoms with Gasteiger partial charge in [-0.15, -0.1) is 0 Å². The molecule has 2 rings (SSSR count). The van der Waals surface area contributed by atoms with Crippen LogP contribution in [0.1, 0.15) is 19.8 Å². The molecule has 2 aliphatic rings. The van der Waals surface area contributed by atoms with Gasteiger partial charge in [0.05, 0.1) is 12.7 Å². The Hall–Kier alpha value is -0.160. The highest BCUT2D eigenvalue weighted by molar-refractivity contribution is 4.79. The first-order valence-electron chi connectivity index (χ1n) is 6.60. The van der Waals surface area contributed by atoms with Crippen LogP contribution in [-0.2, 0) is 4.74 Å². The van der Waals surface area contributed by atoms with E-state index >= 15 is 0 Å². The second-order valence-electron chi connectivity index (χ2n) is 5.02. The molecule has 0 saturated carbocycles. The van der Waals surface area contributed by atoms with Gasteiger partial charge < -0.3 is 15.4 Å². The summed E-state index contributed by atoms with van der Waals surface area (Å²) >= 11 is 0. The fourth-order valence-corrected chi connectivity index (χ4v) is 2.60. The Morgan fingerprint density at radius 1 is 1.19 bits per heavy atom. The van der Waals surface area contributed by atoms with Gasteiger partial charge in [-0.05, 0) is 32.5 Å². The predicted octanol–water partition coefficient (Wildman–Crippen LogP) is 0.130. The van der Waals surface area contributed by atoms with Crippen molar-refractivity contribution in [2.45, 2.75) is 31.9 Å². The highest BCUT2D eigenvalue weighted by Gasteiger charge is 2.23. The first kappa shape index (κ1) is 12.3. The van der Waals surface area contributed by atoms with Crippen molar-refractivity contribution in [1.82, 2.24) is 9.80 Å². The molecule has 2 heterocycles. The molecule has 1 atom stereocenters. The summed E-state index contributed by atoms with van der Waals surface area (Å²) in [6.45, 7) is 9.83. The van der Waals surface area contributed by atoms with Gasteiger partial charge in [0.2, 0.25) is 0 Å². The third-order valence-corrected chi connectivity index (χ3v) is 3.76. The average molecular weight is 227 g/mol. The van der Waals surface area contributed by atoms with Crippen molar-refractivity contribution in [3.05, 3.63) is 0 Å². The molecule has 0 amide bonds. The molecule has 2 fully saturated rings. The third kappa shape index (κ3) is 3.42. The number of hydrogen-bond donors (Lipinski definition) is 1. The SMILES string of the molecule is CCN1CCOC(CN2CCC(N)CC2)C1. The minimum atomic E-state index is 0.406. The van der Waals surface area contributed by atoms with Crippen LogP contribution in [0.2, 0.25) is 0 Å². The Labute approximate surface area is 98.7 Å². The van der Waals surface area contributed by atoms with Crippen LogP contribution in [0.3, 0.4) is 0 Å². The van der Waals surface area contributed by atoms with Crippen LogP contribution < -0.4 is 5.73 Å². The molecule has 0 radical (unpaired) electrons. The number of piperidine rings is 1. The van der Waals surface area contributed by atoms with Crippen LogP contribution in [-0.4, -0.2) is 67.8 Å². The molecule has 0 aromatic rings. The van der Waals surface area contributed by atoms with Gasteiger partial charge in [-0.3, -0.25) is 4.90 Å². The standard InChI is InChI=1S/C12H25N3O/c1-2-14-7-8-16-12(9-14)10-15-5-3-11(13)4-6-15/h11-12H,2-10,13H2,1H3.